The molecular weight excluding hydrogens is 407 g/mol. The van der Waals surface area contributed by atoms with Gasteiger partial charge in [0.15, 0.2) is 12.2 Å². The average molecular weight is 440 g/mol. The maximum absolute atomic E-state index is 11.3. The second-order valence-electron chi connectivity index (χ2n) is 6.03. The van der Waals surface area contributed by atoms with Gasteiger partial charge < -0.3 is 21.5 Å². The van der Waals surface area contributed by atoms with E-state index in [1.165, 1.54) is 44.9 Å². The van der Waals surface area contributed by atoms with E-state index in [2.05, 4.69) is 6.92 Å². The summed E-state index contributed by atoms with van der Waals surface area (Å²) in [5, 5.41) is 26.6. The minimum absolute atomic E-state index is 0. The zero-order chi connectivity index (χ0) is 21.3. The van der Waals surface area contributed by atoms with Crippen LogP contribution in [-0.2, 0) is 24.7 Å². The summed E-state index contributed by atoms with van der Waals surface area (Å²) in [5.74, 6) is -2.74. The number of aliphatic hydroxyl groups is 2. The Morgan fingerprint density at radius 1 is 0.857 bits per heavy atom. The minimum Gasteiger partial charge on any atom is -1.00 e. The van der Waals surface area contributed by atoms with E-state index in [1.54, 1.807) is 0 Å². The van der Waals surface area contributed by atoms with Gasteiger partial charge in [-0.2, -0.15) is 8.42 Å². The number of carboxylic acids is 1. The molecule has 0 bridgehead atoms. The third kappa shape index (κ3) is 25.7. The van der Waals surface area contributed by atoms with Crippen LogP contribution in [0.2, 0.25) is 0 Å². The molecule has 0 rings (SSSR count). The Kier molecular flexibility index (Phi) is 23.2. The Hall–Kier alpha value is -0.270. The van der Waals surface area contributed by atoms with Crippen LogP contribution in [0.25, 0.3) is 0 Å². The Labute approximate surface area is 190 Å². The topological polar surface area (TPSA) is 179 Å². The molecule has 0 fully saturated rings. The molecule has 0 saturated heterocycles. The summed E-state index contributed by atoms with van der Waals surface area (Å²) in [4.78, 5) is 21.6. The van der Waals surface area contributed by atoms with Crippen molar-refractivity contribution in [3.63, 3.8) is 0 Å². The molecule has 12 heteroatoms. The van der Waals surface area contributed by atoms with E-state index in [9.17, 15) is 14.7 Å². The zero-order valence-corrected chi connectivity index (χ0v) is 19.4. The third-order valence-corrected chi connectivity index (χ3v) is 3.54. The minimum atomic E-state index is -4.67. The maximum atomic E-state index is 11.3. The summed E-state index contributed by atoms with van der Waals surface area (Å²) in [5.41, 5.74) is 0. The maximum Gasteiger partial charge on any atom is 1.00 e. The molecule has 0 amide bonds. The number of rotatable bonds is 14. The smallest absolute Gasteiger partial charge is 1.00 e. The summed E-state index contributed by atoms with van der Waals surface area (Å²) >= 11 is 0. The monoisotopic (exact) mass is 440 g/mol. The number of carbonyl (C=O) groups excluding carboxylic acids is 1. The molecule has 0 aliphatic carbocycles. The summed E-state index contributed by atoms with van der Waals surface area (Å²) in [7, 11) is -4.67. The largest absolute Gasteiger partial charge is 1.00 e. The molecule has 0 heterocycles. The number of aliphatic carboxylic acids is 1. The first-order valence-corrected chi connectivity index (χ1v) is 10.4. The number of esters is 1. The molecule has 0 aromatic heterocycles. The van der Waals surface area contributed by atoms with Crippen LogP contribution in [0, 0.1) is 0 Å². The molecule has 0 saturated carbocycles. The van der Waals surface area contributed by atoms with Crippen LogP contribution in [-0.4, -0.2) is 63.6 Å². The molecule has 5 N–H and O–H groups in total. The van der Waals surface area contributed by atoms with Gasteiger partial charge >= 0.3 is 51.9 Å². The van der Waals surface area contributed by atoms with Crippen LogP contribution < -0.4 is 29.6 Å². The summed E-state index contributed by atoms with van der Waals surface area (Å²) in [6.07, 6.45) is 7.38. The Bertz CT molecular complexity index is 496. The van der Waals surface area contributed by atoms with Crippen LogP contribution in [0.15, 0.2) is 0 Å². The molecule has 0 aromatic rings. The van der Waals surface area contributed by atoms with Crippen molar-refractivity contribution in [1.82, 2.24) is 0 Å². The fraction of sp³-hybridized carbons (Fsp3) is 0.875. The normalized spacial score (nSPS) is 12.8. The van der Waals surface area contributed by atoms with Crippen molar-refractivity contribution in [3.8, 4) is 0 Å². The molecule has 0 aromatic carbocycles. The van der Waals surface area contributed by atoms with E-state index < -0.39 is 34.5 Å². The quantitative estimate of drug-likeness (QED) is 0.0945. The summed E-state index contributed by atoms with van der Waals surface area (Å²) in [6, 6.07) is 0. The van der Waals surface area contributed by atoms with Crippen LogP contribution >= 0.6 is 0 Å². The van der Waals surface area contributed by atoms with Crippen molar-refractivity contribution < 1.29 is 78.2 Å². The van der Waals surface area contributed by atoms with Crippen LogP contribution in [0.4, 0.5) is 0 Å². The molecule has 2 unspecified atom stereocenters. The number of carboxylic acid groups (broad SMARTS) is 1. The van der Waals surface area contributed by atoms with E-state index >= 15 is 0 Å². The van der Waals surface area contributed by atoms with Gasteiger partial charge in [-0.3, -0.25) is 9.11 Å². The molecular formula is C16H33NaO10S. The van der Waals surface area contributed by atoms with Gasteiger partial charge in [0.25, 0.3) is 0 Å². The van der Waals surface area contributed by atoms with E-state index in [4.69, 9.17) is 32.5 Å². The summed E-state index contributed by atoms with van der Waals surface area (Å²) < 4.78 is 36.3. The predicted octanol–water partition coefficient (Wildman–Crippen LogP) is -1.28. The number of hydrogen-bond donors (Lipinski definition) is 5. The molecule has 0 spiro atoms. The van der Waals surface area contributed by atoms with Crippen LogP contribution in [0.5, 0.6) is 0 Å². The molecule has 164 valence electrons. The number of aliphatic hydroxyl groups excluding tert-OH is 2. The van der Waals surface area contributed by atoms with Gasteiger partial charge in [-0.25, -0.2) is 9.59 Å². The number of unbranched alkanes of at least 4 members (excludes halogenated alkanes) is 9. The van der Waals surface area contributed by atoms with Gasteiger partial charge in [-0.05, 0) is 6.42 Å². The Morgan fingerprint density at radius 3 is 1.57 bits per heavy atom. The summed E-state index contributed by atoms with van der Waals surface area (Å²) in [6.45, 7) is 2.34. The first kappa shape index (κ1) is 32.4. The molecule has 0 radical (unpaired) electrons. The van der Waals surface area contributed by atoms with Crippen LogP contribution in [0.3, 0.4) is 0 Å². The van der Waals surface area contributed by atoms with Crippen molar-refractivity contribution in [3.05, 3.63) is 0 Å². The molecule has 28 heavy (non-hydrogen) atoms. The van der Waals surface area contributed by atoms with E-state index in [0.717, 1.165) is 12.8 Å². The fourth-order valence-electron chi connectivity index (χ4n) is 2.11. The molecule has 0 aliphatic heterocycles. The van der Waals surface area contributed by atoms with Gasteiger partial charge in [0.1, 0.15) is 0 Å². The second kappa shape index (κ2) is 20.0. The van der Waals surface area contributed by atoms with Gasteiger partial charge in [0, 0.05) is 0 Å². The molecule has 2 atom stereocenters. The Balaban J connectivity index is -0.000000396. The van der Waals surface area contributed by atoms with Crippen molar-refractivity contribution in [2.24, 2.45) is 0 Å². The van der Waals surface area contributed by atoms with Gasteiger partial charge in [0.05, 0.1) is 6.61 Å². The Morgan fingerprint density at radius 2 is 1.21 bits per heavy atom. The van der Waals surface area contributed by atoms with E-state index in [1.807, 2.05) is 0 Å². The van der Waals surface area contributed by atoms with E-state index in [0.29, 0.717) is 6.42 Å². The first-order chi connectivity index (χ1) is 12.5. The molecule has 10 nitrogen and oxygen atoms in total. The van der Waals surface area contributed by atoms with E-state index in [-0.39, 0.29) is 37.6 Å². The standard InChI is InChI=1S/C16H30O6.Na.H2O4S.H/c1-2-3-4-5-6-7-8-9-10-11-12-22-16(21)14(18)13(17)15(19)20;;1-5(2,3)4;/h13-14,17-18H,2-12H2,1H3,(H,19,20);;(H2,1,2,3,4);/q;+1;;-1. The van der Waals surface area contributed by atoms with Crippen molar-refractivity contribution in [2.75, 3.05) is 6.61 Å². The number of hydrogen-bond acceptors (Lipinski definition) is 7. The fourth-order valence-corrected chi connectivity index (χ4v) is 2.11. The van der Waals surface area contributed by atoms with Crippen molar-refractivity contribution in [1.29, 1.82) is 0 Å². The second-order valence-corrected chi connectivity index (χ2v) is 6.92. The zero-order valence-electron chi connectivity index (χ0n) is 17.6. The molecule has 0 aliphatic rings. The third-order valence-electron chi connectivity index (χ3n) is 3.54. The SMILES string of the molecule is CCCCCCCCCCCCOC(=O)C(O)C(O)C(=O)O.O=S(=O)(O)O.[H-].[Na+]. The number of carbonyl (C=O) groups is 2. The van der Waals surface area contributed by atoms with Gasteiger partial charge in [-0.1, -0.05) is 64.7 Å². The number of ether oxygens (including phenoxy) is 1. The van der Waals surface area contributed by atoms with Crippen molar-refractivity contribution in [2.45, 2.75) is 83.3 Å². The van der Waals surface area contributed by atoms with Gasteiger partial charge in [0.2, 0.25) is 0 Å². The van der Waals surface area contributed by atoms with Crippen molar-refractivity contribution >= 4 is 22.3 Å². The van der Waals surface area contributed by atoms with Crippen LogP contribution in [0.1, 0.15) is 72.6 Å². The van der Waals surface area contributed by atoms with Gasteiger partial charge in [-0.15, -0.1) is 0 Å². The average Bonchev–Trinajstić information content (AvgIpc) is 2.56. The first-order valence-electron chi connectivity index (χ1n) is 8.96. The predicted molar refractivity (Wildman–Crippen MR) is 97.7 cm³/mol.